The fourth-order valence-corrected chi connectivity index (χ4v) is 5.94. The first-order valence-electron chi connectivity index (χ1n) is 8.81. The van der Waals surface area contributed by atoms with Crippen LogP contribution in [0.25, 0.3) is 15.9 Å². The minimum absolute atomic E-state index is 0.134. The lowest BCUT2D eigenvalue weighted by Crippen LogP contribution is -2.21. The summed E-state index contributed by atoms with van der Waals surface area (Å²) in [4.78, 5) is 20.1. The van der Waals surface area contributed by atoms with E-state index in [4.69, 9.17) is 51.4 Å². The molecule has 2 aromatic heterocycles. The lowest BCUT2D eigenvalue weighted by Gasteiger charge is -2.13. The number of fused-ring (bicyclic) bond motifs is 1. The molecule has 0 N–H and O–H groups in total. The van der Waals surface area contributed by atoms with Crippen molar-refractivity contribution < 1.29 is 0 Å². The summed E-state index contributed by atoms with van der Waals surface area (Å²) < 4.78 is 1.58. The van der Waals surface area contributed by atoms with E-state index in [9.17, 15) is 4.79 Å². The molecular weight excluding hydrogens is 502 g/mol. The van der Waals surface area contributed by atoms with Crippen molar-refractivity contribution in [3.05, 3.63) is 82.8 Å². The first-order valence-corrected chi connectivity index (χ1v) is 12.1. The van der Waals surface area contributed by atoms with Crippen LogP contribution in [0.2, 0.25) is 20.1 Å². The Kier molecular flexibility index (Phi) is 6.40. The lowest BCUT2D eigenvalue weighted by molar-refractivity contribution is 0.822. The van der Waals surface area contributed by atoms with E-state index in [2.05, 4.69) is 0 Å². The molecule has 0 amide bonds. The van der Waals surface area contributed by atoms with Crippen LogP contribution in [0.4, 0.5) is 0 Å². The van der Waals surface area contributed by atoms with Crippen molar-refractivity contribution in [3.63, 3.8) is 0 Å². The number of halogens is 4. The van der Waals surface area contributed by atoms with Crippen molar-refractivity contribution in [1.29, 1.82) is 0 Å². The normalized spacial score (nSPS) is 11.4. The van der Waals surface area contributed by atoms with Crippen LogP contribution in [0, 0.1) is 13.8 Å². The predicted octanol–water partition coefficient (Wildman–Crippen LogP) is 7.97. The monoisotopic (exact) mass is 514 g/mol. The van der Waals surface area contributed by atoms with Crippen LogP contribution in [0.5, 0.6) is 0 Å². The molecule has 0 saturated carbocycles. The molecule has 0 fully saturated rings. The highest BCUT2D eigenvalue weighted by Gasteiger charge is 2.19. The second-order valence-electron chi connectivity index (χ2n) is 6.62. The van der Waals surface area contributed by atoms with Gasteiger partial charge in [0.25, 0.3) is 5.56 Å². The van der Waals surface area contributed by atoms with Crippen molar-refractivity contribution in [2.24, 2.45) is 0 Å². The molecule has 0 spiro atoms. The summed E-state index contributed by atoms with van der Waals surface area (Å²) in [6.07, 6.45) is 0. The average Bonchev–Trinajstić information content (AvgIpc) is 2.97. The van der Waals surface area contributed by atoms with Gasteiger partial charge in [-0.1, -0.05) is 64.2 Å². The average molecular weight is 516 g/mol. The number of aryl methyl sites for hydroxylation is 2. The summed E-state index contributed by atoms with van der Waals surface area (Å²) in [6.45, 7) is 3.93. The maximum atomic E-state index is 13.5. The van der Waals surface area contributed by atoms with Crippen molar-refractivity contribution in [3.8, 4) is 5.69 Å². The van der Waals surface area contributed by atoms with Crippen LogP contribution < -0.4 is 5.56 Å². The summed E-state index contributed by atoms with van der Waals surface area (Å²) in [5, 5.41) is 3.12. The van der Waals surface area contributed by atoms with Crippen LogP contribution in [0.3, 0.4) is 0 Å². The molecule has 0 unspecified atom stereocenters. The molecule has 3 nitrogen and oxygen atoms in total. The number of aromatic nitrogens is 2. The highest BCUT2D eigenvalue weighted by Crippen LogP contribution is 2.33. The van der Waals surface area contributed by atoms with Crippen molar-refractivity contribution in [2.45, 2.75) is 24.8 Å². The number of thiophene rings is 1. The Hall–Kier alpha value is -1.21. The van der Waals surface area contributed by atoms with Gasteiger partial charge in [-0.15, -0.1) is 11.3 Å². The fourth-order valence-electron chi connectivity index (χ4n) is 3.00. The zero-order valence-corrected chi connectivity index (χ0v) is 20.5. The van der Waals surface area contributed by atoms with Gasteiger partial charge in [-0.05, 0) is 55.3 Å². The largest absolute Gasteiger partial charge is 0.268 e. The molecule has 30 heavy (non-hydrogen) atoms. The number of rotatable bonds is 4. The molecule has 0 aliphatic rings. The molecule has 2 aromatic carbocycles. The molecule has 154 valence electrons. The number of hydrogen-bond donors (Lipinski definition) is 0. The Balaban J connectivity index is 1.88. The Morgan fingerprint density at radius 1 is 1.00 bits per heavy atom. The summed E-state index contributed by atoms with van der Waals surface area (Å²) in [7, 11) is 0. The Bertz CT molecular complexity index is 1350. The van der Waals surface area contributed by atoms with Crippen molar-refractivity contribution in [2.75, 3.05) is 0 Å². The summed E-state index contributed by atoms with van der Waals surface area (Å²) in [6, 6.07) is 10.5. The molecular formula is C21H14Cl4N2OS2. The Morgan fingerprint density at radius 3 is 2.47 bits per heavy atom. The van der Waals surface area contributed by atoms with Gasteiger partial charge in [-0.25, -0.2) is 4.98 Å². The van der Waals surface area contributed by atoms with Crippen LogP contribution in [-0.4, -0.2) is 9.55 Å². The predicted molar refractivity (Wildman–Crippen MR) is 131 cm³/mol. The maximum absolute atomic E-state index is 13.5. The topological polar surface area (TPSA) is 34.9 Å². The molecule has 0 aliphatic heterocycles. The zero-order chi connectivity index (χ0) is 21.6. The highest BCUT2D eigenvalue weighted by atomic mass is 35.5. The second-order valence-corrected chi connectivity index (χ2v) is 10.4. The third-order valence-electron chi connectivity index (χ3n) is 4.71. The molecule has 0 bridgehead atoms. The van der Waals surface area contributed by atoms with Gasteiger partial charge in [-0.3, -0.25) is 9.36 Å². The molecule has 4 rings (SSSR count). The molecule has 0 atom stereocenters. The van der Waals surface area contributed by atoms with Crippen LogP contribution in [0.15, 0.2) is 46.3 Å². The van der Waals surface area contributed by atoms with Gasteiger partial charge in [0.1, 0.15) is 4.83 Å². The van der Waals surface area contributed by atoms with Gasteiger partial charge < -0.3 is 0 Å². The van der Waals surface area contributed by atoms with Gasteiger partial charge in [0.2, 0.25) is 0 Å². The van der Waals surface area contributed by atoms with E-state index >= 15 is 0 Å². The third kappa shape index (κ3) is 4.12. The Labute approximate surface area is 201 Å². The van der Waals surface area contributed by atoms with Gasteiger partial charge in [-0.2, -0.15) is 0 Å². The standard InChI is InChI=1S/C21H14Cl4N2OS2/c1-10-11(2)30-19-18(10)20(28)27(14-5-6-15(23)17(25)8-14)21(26-19)29-9-12-3-4-13(22)7-16(12)24/h3-8H,9H2,1-2H3. The molecule has 0 aliphatic carbocycles. The van der Waals surface area contributed by atoms with E-state index in [1.165, 1.54) is 23.1 Å². The minimum Gasteiger partial charge on any atom is -0.268 e. The molecule has 0 saturated heterocycles. The van der Waals surface area contributed by atoms with E-state index < -0.39 is 0 Å². The summed E-state index contributed by atoms with van der Waals surface area (Å²) >= 11 is 27.6. The molecule has 0 radical (unpaired) electrons. The quantitative estimate of drug-likeness (QED) is 0.204. The van der Waals surface area contributed by atoms with E-state index in [-0.39, 0.29) is 5.56 Å². The van der Waals surface area contributed by atoms with Gasteiger partial charge in [0, 0.05) is 20.7 Å². The summed E-state index contributed by atoms with van der Waals surface area (Å²) in [5.74, 6) is 0.526. The second kappa shape index (κ2) is 8.73. The number of nitrogens with zero attached hydrogens (tertiary/aromatic N) is 2. The van der Waals surface area contributed by atoms with E-state index in [0.717, 1.165) is 20.8 Å². The van der Waals surface area contributed by atoms with Gasteiger partial charge in [0.15, 0.2) is 5.16 Å². The first kappa shape index (κ1) is 22.0. The molecule has 9 heteroatoms. The number of thioether (sulfide) groups is 1. The van der Waals surface area contributed by atoms with Crippen molar-refractivity contribution in [1.82, 2.24) is 9.55 Å². The van der Waals surface area contributed by atoms with E-state index in [1.54, 1.807) is 34.9 Å². The highest BCUT2D eigenvalue weighted by molar-refractivity contribution is 7.98. The van der Waals surface area contributed by atoms with Crippen molar-refractivity contribution >= 4 is 79.7 Å². The molecule has 4 aromatic rings. The smallest absolute Gasteiger partial charge is 0.267 e. The van der Waals surface area contributed by atoms with Gasteiger partial charge in [0.05, 0.1) is 21.1 Å². The van der Waals surface area contributed by atoms with Crippen LogP contribution >= 0.6 is 69.5 Å². The van der Waals surface area contributed by atoms with Crippen LogP contribution in [-0.2, 0) is 5.75 Å². The fraction of sp³-hybridized carbons (Fsp3) is 0.143. The SMILES string of the molecule is Cc1sc2nc(SCc3ccc(Cl)cc3Cl)n(-c3ccc(Cl)c(Cl)c3)c(=O)c2c1C. The van der Waals surface area contributed by atoms with Gasteiger partial charge >= 0.3 is 0 Å². The molecule has 2 heterocycles. The zero-order valence-electron chi connectivity index (χ0n) is 15.8. The maximum Gasteiger partial charge on any atom is 0.267 e. The Morgan fingerprint density at radius 2 is 1.77 bits per heavy atom. The van der Waals surface area contributed by atoms with E-state index in [0.29, 0.717) is 42.1 Å². The third-order valence-corrected chi connectivity index (χ3v) is 8.12. The lowest BCUT2D eigenvalue weighted by atomic mass is 10.2. The van der Waals surface area contributed by atoms with Crippen LogP contribution in [0.1, 0.15) is 16.0 Å². The number of benzene rings is 2. The first-order chi connectivity index (χ1) is 14.3. The number of hydrogen-bond acceptors (Lipinski definition) is 4. The summed E-state index contributed by atoms with van der Waals surface area (Å²) in [5.41, 5.74) is 2.32. The van der Waals surface area contributed by atoms with E-state index in [1.807, 2.05) is 19.9 Å². The minimum atomic E-state index is -0.134.